The van der Waals surface area contributed by atoms with E-state index in [9.17, 15) is 9.59 Å². The zero-order valence-electron chi connectivity index (χ0n) is 13.2. The van der Waals surface area contributed by atoms with E-state index < -0.39 is 0 Å². The molecule has 1 atom stereocenters. The van der Waals surface area contributed by atoms with Gasteiger partial charge in [-0.15, -0.1) is 0 Å². The van der Waals surface area contributed by atoms with Gasteiger partial charge in [-0.3, -0.25) is 9.59 Å². The van der Waals surface area contributed by atoms with Crippen molar-refractivity contribution in [3.63, 3.8) is 0 Å². The number of thiophene rings is 1. The lowest BCUT2D eigenvalue weighted by Crippen LogP contribution is -2.25. The lowest BCUT2D eigenvalue weighted by molar-refractivity contribution is -0.116. The summed E-state index contributed by atoms with van der Waals surface area (Å²) >= 11 is 1.66. The second kappa shape index (κ2) is 8.29. The number of hydrogen-bond acceptors (Lipinski definition) is 3. The molecule has 5 heteroatoms. The van der Waals surface area contributed by atoms with Crippen LogP contribution in [0.15, 0.2) is 47.2 Å². The first kappa shape index (κ1) is 17.0. The number of carbonyl (C=O) groups is 2. The fraction of sp³-hybridized carbons (Fsp3) is 0.222. The van der Waals surface area contributed by atoms with Crippen LogP contribution in [0.5, 0.6) is 0 Å². The van der Waals surface area contributed by atoms with Crippen molar-refractivity contribution >= 4 is 34.9 Å². The van der Waals surface area contributed by atoms with E-state index in [-0.39, 0.29) is 11.8 Å². The fourth-order valence-electron chi connectivity index (χ4n) is 2.04. The molecule has 4 nitrogen and oxygen atoms in total. The van der Waals surface area contributed by atoms with Crippen molar-refractivity contribution < 1.29 is 9.59 Å². The number of amides is 2. The molecule has 2 rings (SSSR count). The van der Waals surface area contributed by atoms with Crippen LogP contribution in [0.1, 0.15) is 30.9 Å². The molecule has 0 saturated heterocycles. The van der Waals surface area contributed by atoms with Gasteiger partial charge >= 0.3 is 0 Å². The molecule has 0 aliphatic carbocycles. The third-order valence-electron chi connectivity index (χ3n) is 3.35. The third-order valence-corrected chi connectivity index (χ3v) is 4.05. The van der Waals surface area contributed by atoms with Crippen LogP contribution in [0.25, 0.3) is 6.08 Å². The molecule has 1 heterocycles. The number of nitrogens with one attached hydrogen (secondary N) is 2. The molecule has 0 spiro atoms. The summed E-state index contributed by atoms with van der Waals surface area (Å²) in [6, 6.07) is 9.38. The Kier molecular flexibility index (Phi) is 6.11. The molecular weight excluding hydrogens is 308 g/mol. The molecule has 1 unspecified atom stereocenters. The Morgan fingerprint density at radius 3 is 2.57 bits per heavy atom. The van der Waals surface area contributed by atoms with Gasteiger partial charge in [-0.1, -0.05) is 19.1 Å². The average molecular weight is 328 g/mol. The summed E-state index contributed by atoms with van der Waals surface area (Å²) < 4.78 is 0. The predicted molar refractivity (Wildman–Crippen MR) is 95.5 cm³/mol. The van der Waals surface area contributed by atoms with Gasteiger partial charge < -0.3 is 10.6 Å². The van der Waals surface area contributed by atoms with Gasteiger partial charge in [0, 0.05) is 25.2 Å². The van der Waals surface area contributed by atoms with Crippen molar-refractivity contribution in [1.82, 2.24) is 5.32 Å². The Hall–Kier alpha value is -2.40. The predicted octanol–water partition coefficient (Wildman–Crippen LogP) is 3.64. The van der Waals surface area contributed by atoms with E-state index in [4.69, 9.17) is 0 Å². The molecule has 0 radical (unpaired) electrons. The molecule has 0 saturated carbocycles. The molecule has 0 aliphatic rings. The molecule has 2 N–H and O–H groups in total. The topological polar surface area (TPSA) is 58.2 Å². The van der Waals surface area contributed by atoms with Crippen LogP contribution in [0.4, 0.5) is 5.69 Å². The van der Waals surface area contributed by atoms with Crippen molar-refractivity contribution in [2.45, 2.75) is 19.8 Å². The normalized spacial score (nSPS) is 12.1. The first-order chi connectivity index (χ1) is 11.0. The largest absolute Gasteiger partial charge is 0.352 e. The third kappa shape index (κ3) is 5.71. The summed E-state index contributed by atoms with van der Waals surface area (Å²) in [6.45, 7) is 4.17. The zero-order valence-corrected chi connectivity index (χ0v) is 14.0. The van der Waals surface area contributed by atoms with Crippen LogP contribution in [0.3, 0.4) is 0 Å². The average Bonchev–Trinajstić information content (AvgIpc) is 3.06. The van der Waals surface area contributed by atoms with Gasteiger partial charge in [0.2, 0.25) is 11.8 Å². The fourth-order valence-corrected chi connectivity index (χ4v) is 2.82. The Balaban J connectivity index is 1.82. The van der Waals surface area contributed by atoms with Crippen molar-refractivity contribution in [1.29, 1.82) is 0 Å². The second-order valence-electron chi connectivity index (χ2n) is 5.34. The molecule has 0 bridgehead atoms. The van der Waals surface area contributed by atoms with E-state index in [0.717, 1.165) is 11.3 Å². The van der Waals surface area contributed by atoms with Crippen molar-refractivity contribution in [2.24, 2.45) is 0 Å². The van der Waals surface area contributed by atoms with Gasteiger partial charge in [-0.25, -0.2) is 0 Å². The van der Waals surface area contributed by atoms with Gasteiger partial charge in [0.05, 0.1) is 0 Å². The van der Waals surface area contributed by atoms with Crippen LogP contribution in [0, 0.1) is 0 Å². The van der Waals surface area contributed by atoms with E-state index in [2.05, 4.69) is 29.0 Å². The summed E-state index contributed by atoms with van der Waals surface area (Å²) in [5.41, 5.74) is 2.89. The highest BCUT2D eigenvalue weighted by atomic mass is 32.1. The van der Waals surface area contributed by atoms with Gasteiger partial charge in [0.15, 0.2) is 0 Å². The second-order valence-corrected chi connectivity index (χ2v) is 6.12. The summed E-state index contributed by atoms with van der Waals surface area (Å²) in [6.07, 6.45) is 3.27. The molecule has 23 heavy (non-hydrogen) atoms. The van der Waals surface area contributed by atoms with E-state index in [1.165, 1.54) is 18.6 Å². The van der Waals surface area contributed by atoms with Crippen LogP contribution >= 0.6 is 11.3 Å². The Morgan fingerprint density at radius 2 is 1.96 bits per heavy atom. The van der Waals surface area contributed by atoms with E-state index in [0.29, 0.717) is 12.5 Å². The lowest BCUT2D eigenvalue weighted by atomic mass is 10.1. The minimum absolute atomic E-state index is 0.104. The van der Waals surface area contributed by atoms with Crippen LogP contribution in [-0.4, -0.2) is 18.4 Å². The lowest BCUT2D eigenvalue weighted by Gasteiger charge is -2.09. The molecule has 0 aliphatic heterocycles. The van der Waals surface area contributed by atoms with Crippen molar-refractivity contribution in [3.8, 4) is 0 Å². The van der Waals surface area contributed by atoms with E-state index in [1.807, 2.05) is 17.5 Å². The number of hydrogen-bond donors (Lipinski definition) is 2. The first-order valence-corrected chi connectivity index (χ1v) is 8.34. The van der Waals surface area contributed by atoms with Crippen LogP contribution < -0.4 is 10.6 Å². The molecular formula is C18H20N2O2S. The standard InChI is InChI=1S/C18H20N2O2S/c1-13(16-9-10-23-12-16)11-19-18(22)8-5-15-3-6-17(7-4-15)20-14(2)21/h3-10,12-13H,11H2,1-2H3,(H,19,22)(H,20,21). The maximum absolute atomic E-state index is 11.9. The SMILES string of the molecule is CC(=O)Nc1ccc(C=CC(=O)NCC(C)c2ccsc2)cc1. The number of anilines is 1. The molecule has 2 aromatic rings. The molecule has 2 amide bonds. The van der Waals surface area contributed by atoms with Gasteiger partial charge in [0.1, 0.15) is 0 Å². The summed E-state index contributed by atoms with van der Waals surface area (Å²) in [7, 11) is 0. The maximum atomic E-state index is 11.9. The van der Waals surface area contributed by atoms with Crippen LogP contribution in [0.2, 0.25) is 0 Å². The molecule has 1 aromatic heterocycles. The van der Waals surface area contributed by atoms with Gasteiger partial charge in [-0.05, 0) is 52.1 Å². The minimum atomic E-state index is -0.113. The number of benzene rings is 1. The Labute approximate surface area is 140 Å². The summed E-state index contributed by atoms with van der Waals surface area (Å²) in [5.74, 6) is 0.0842. The van der Waals surface area contributed by atoms with Gasteiger partial charge in [0.25, 0.3) is 0 Å². The molecule has 120 valence electrons. The molecule has 1 aromatic carbocycles. The number of rotatable bonds is 6. The van der Waals surface area contributed by atoms with Crippen molar-refractivity contribution in [3.05, 3.63) is 58.3 Å². The Bertz CT molecular complexity index is 676. The van der Waals surface area contributed by atoms with Crippen molar-refractivity contribution in [2.75, 3.05) is 11.9 Å². The smallest absolute Gasteiger partial charge is 0.244 e. The highest BCUT2D eigenvalue weighted by Crippen LogP contribution is 2.17. The quantitative estimate of drug-likeness (QED) is 0.795. The first-order valence-electron chi connectivity index (χ1n) is 7.40. The molecule has 0 fully saturated rings. The number of carbonyl (C=O) groups excluding carboxylic acids is 2. The zero-order chi connectivity index (χ0) is 16.7. The monoisotopic (exact) mass is 328 g/mol. The maximum Gasteiger partial charge on any atom is 0.244 e. The summed E-state index contributed by atoms with van der Waals surface area (Å²) in [5, 5.41) is 9.74. The van der Waals surface area contributed by atoms with E-state index >= 15 is 0 Å². The minimum Gasteiger partial charge on any atom is -0.352 e. The van der Waals surface area contributed by atoms with Crippen LogP contribution in [-0.2, 0) is 9.59 Å². The highest BCUT2D eigenvalue weighted by Gasteiger charge is 2.06. The highest BCUT2D eigenvalue weighted by molar-refractivity contribution is 7.07. The van der Waals surface area contributed by atoms with E-state index in [1.54, 1.807) is 29.5 Å². The summed E-state index contributed by atoms with van der Waals surface area (Å²) in [4.78, 5) is 22.8. The Morgan fingerprint density at radius 1 is 1.22 bits per heavy atom. The van der Waals surface area contributed by atoms with Gasteiger partial charge in [-0.2, -0.15) is 11.3 Å².